The second-order valence-electron chi connectivity index (χ2n) is 4.67. The molecule has 0 aromatic heterocycles. The highest BCUT2D eigenvalue weighted by atomic mass is 16.3. The van der Waals surface area contributed by atoms with Crippen LogP contribution >= 0.6 is 0 Å². The fourth-order valence-corrected chi connectivity index (χ4v) is 1.55. The molecule has 0 aromatic carbocycles. The van der Waals surface area contributed by atoms with Crippen LogP contribution < -0.4 is 10.6 Å². The monoisotopic (exact) mass is 245 g/mol. The van der Waals surface area contributed by atoms with Gasteiger partial charge in [0.15, 0.2) is 0 Å². The lowest BCUT2D eigenvalue weighted by molar-refractivity contribution is 0.113. The van der Waals surface area contributed by atoms with Crippen molar-refractivity contribution in [3.05, 3.63) is 0 Å². The molecule has 0 unspecified atom stereocenters. The number of urea groups is 1. The fourth-order valence-electron chi connectivity index (χ4n) is 1.55. The quantitative estimate of drug-likeness (QED) is 0.550. The van der Waals surface area contributed by atoms with Gasteiger partial charge in [-0.3, -0.25) is 0 Å². The van der Waals surface area contributed by atoms with E-state index < -0.39 is 0 Å². The molecule has 5 nitrogen and oxygen atoms in total. The standard InChI is InChI=1S/C12H27N3O2/c1-5-12(6-2,10-16)9-13-7-8-14-11(17)15(3)4/h13,16H,5-10H2,1-4H3,(H,14,17). The molecule has 0 aliphatic rings. The molecule has 0 saturated heterocycles. The Morgan fingerprint density at radius 1 is 1.24 bits per heavy atom. The van der Waals surface area contributed by atoms with Crippen LogP contribution in [-0.2, 0) is 0 Å². The van der Waals surface area contributed by atoms with Gasteiger partial charge in [-0.25, -0.2) is 4.79 Å². The largest absolute Gasteiger partial charge is 0.396 e. The number of hydrogen-bond acceptors (Lipinski definition) is 3. The molecule has 0 aliphatic carbocycles. The number of nitrogens with zero attached hydrogens (tertiary/aromatic N) is 1. The highest BCUT2D eigenvalue weighted by Gasteiger charge is 2.24. The summed E-state index contributed by atoms with van der Waals surface area (Å²) in [6.45, 7) is 6.50. The molecule has 0 bridgehead atoms. The molecule has 102 valence electrons. The Kier molecular flexibility index (Phi) is 7.91. The number of aliphatic hydroxyl groups is 1. The maximum atomic E-state index is 11.2. The van der Waals surface area contributed by atoms with Crippen molar-refractivity contribution in [2.45, 2.75) is 26.7 Å². The van der Waals surface area contributed by atoms with Gasteiger partial charge in [0.05, 0.1) is 0 Å². The van der Waals surface area contributed by atoms with E-state index in [-0.39, 0.29) is 18.1 Å². The molecule has 0 heterocycles. The summed E-state index contributed by atoms with van der Waals surface area (Å²) in [6, 6.07) is -0.0776. The summed E-state index contributed by atoms with van der Waals surface area (Å²) in [7, 11) is 3.43. The molecular formula is C12H27N3O2. The Morgan fingerprint density at radius 2 is 1.82 bits per heavy atom. The molecule has 3 N–H and O–H groups in total. The Morgan fingerprint density at radius 3 is 2.24 bits per heavy atom. The van der Waals surface area contributed by atoms with E-state index in [4.69, 9.17) is 0 Å². The van der Waals surface area contributed by atoms with Crippen LogP contribution in [0.5, 0.6) is 0 Å². The summed E-state index contributed by atoms with van der Waals surface area (Å²) in [5, 5.41) is 15.4. The third-order valence-electron chi connectivity index (χ3n) is 3.32. The summed E-state index contributed by atoms with van der Waals surface area (Å²) in [5.41, 5.74) is -0.0223. The lowest BCUT2D eigenvalue weighted by Crippen LogP contribution is -2.42. The average molecular weight is 245 g/mol. The van der Waals surface area contributed by atoms with E-state index in [2.05, 4.69) is 24.5 Å². The molecule has 0 radical (unpaired) electrons. The van der Waals surface area contributed by atoms with Gasteiger partial charge in [-0.15, -0.1) is 0 Å². The summed E-state index contributed by atoms with van der Waals surface area (Å²) in [4.78, 5) is 12.7. The van der Waals surface area contributed by atoms with Gasteiger partial charge in [-0.05, 0) is 12.8 Å². The smallest absolute Gasteiger partial charge is 0.316 e. The first kappa shape index (κ1) is 16.2. The second kappa shape index (κ2) is 8.31. The molecule has 2 amide bonds. The highest BCUT2D eigenvalue weighted by molar-refractivity contribution is 5.73. The lowest BCUT2D eigenvalue weighted by Gasteiger charge is -2.29. The van der Waals surface area contributed by atoms with Crippen LogP contribution in [0.15, 0.2) is 0 Å². The van der Waals surface area contributed by atoms with E-state index in [0.717, 1.165) is 25.9 Å². The first-order valence-electron chi connectivity index (χ1n) is 6.28. The molecular weight excluding hydrogens is 218 g/mol. The van der Waals surface area contributed by atoms with Gasteiger partial charge in [0.2, 0.25) is 0 Å². The first-order chi connectivity index (χ1) is 8.01. The Balaban J connectivity index is 3.73. The van der Waals surface area contributed by atoms with Gasteiger partial charge in [0, 0.05) is 45.8 Å². The van der Waals surface area contributed by atoms with Crippen molar-refractivity contribution < 1.29 is 9.90 Å². The van der Waals surface area contributed by atoms with Crippen molar-refractivity contribution in [3.63, 3.8) is 0 Å². The number of carbonyl (C=O) groups excluding carboxylic acids is 1. The molecule has 0 atom stereocenters. The number of rotatable bonds is 8. The minimum absolute atomic E-state index is 0.0223. The predicted molar refractivity (Wildman–Crippen MR) is 70.1 cm³/mol. The van der Waals surface area contributed by atoms with Gasteiger partial charge < -0.3 is 20.6 Å². The van der Waals surface area contributed by atoms with Crippen LogP contribution in [0.1, 0.15) is 26.7 Å². The van der Waals surface area contributed by atoms with Gasteiger partial charge in [-0.2, -0.15) is 0 Å². The van der Waals surface area contributed by atoms with Crippen LogP contribution in [0.2, 0.25) is 0 Å². The molecule has 0 rings (SSSR count). The van der Waals surface area contributed by atoms with Crippen molar-refractivity contribution in [3.8, 4) is 0 Å². The minimum atomic E-state index is -0.0776. The molecule has 0 aliphatic heterocycles. The molecule has 0 fully saturated rings. The summed E-state index contributed by atoms with van der Waals surface area (Å²) in [6.07, 6.45) is 1.91. The van der Waals surface area contributed by atoms with Crippen LogP contribution in [0.4, 0.5) is 4.79 Å². The van der Waals surface area contributed by atoms with Crippen molar-refractivity contribution in [2.75, 3.05) is 40.3 Å². The summed E-state index contributed by atoms with van der Waals surface area (Å²) >= 11 is 0. The number of amides is 2. The van der Waals surface area contributed by atoms with E-state index in [1.165, 1.54) is 4.90 Å². The van der Waals surface area contributed by atoms with Crippen molar-refractivity contribution in [2.24, 2.45) is 5.41 Å². The maximum absolute atomic E-state index is 11.2. The van der Waals surface area contributed by atoms with E-state index in [9.17, 15) is 9.90 Å². The molecule has 0 aromatic rings. The normalized spacial score (nSPS) is 11.4. The van der Waals surface area contributed by atoms with Gasteiger partial charge in [0.1, 0.15) is 0 Å². The second-order valence-corrected chi connectivity index (χ2v) is 4.67. The van der Waals surface area contributed by atoms with E-state index >= 15 is 0 Å². The number of hydrogen-bond donors (Lipinski definition) is 3. The van der Waals surface area contributed by atoms with Gasteiger partial charge >= 0.3 is 6.03 Å². The topological polar surface area (TPSA) is 64.6 Å². The van der Waals surface area contributed by atoms with Crippen LogP contribution in [-0.4, -0.2) is 56.4 Å². The zero-order valence-corrected chi connectivity index (χ0v) is 11.5. The molecule has 0 saturated carbocycles. The van der Waals surface area contributed by atoms with Crippen LogP contribution in [0.3, 0.4) is 0 Å². The number of aliphatic hydroxyl groups excluding tert-OH is 1. The van der Waals surface area contributed by atoms with Crippen LogP contribution in [0.25, 0.3) is 0 Å². The maximum Gasteiger partial charge on any atom is 0.316 e. The molecule has 5 heteroatoms. The third-order valence-corrected chi connectivity index (χ3v) is 3.32. The van der Waals surface area contributed by atoms with Crippen LogP contribution in [0, 0.1) is 5.41 Å². The van der Waals surface area contributed by atoms with Crippen molar-refractivity contribution in [1.82, 2.24) is 15.5 Å². The molecule has 17 heavy (non-hydrogen) atoms. The fraction of sp³-hybridized carbons (Fsp3) is 0.917. The lowest BCUT2D eigenvalue weighted by atomic mass is 9.83. The van der Waals surface area contributed by atoms with E-state index in [0.29, 0.717) is 6.54 Å². The first-order valence-corrected chi connectivity index (χ1v) is 6.28. The number of nitrogens with one attached hydrogen (secondary N) is 2. The van der Waals surface area contributed by atoms with Gasteiger partial charge in [-0.1, -0.05) is 13.8 Å². The zero-order valence-electron chi connectivity index (χ0n) is 11.5. The SMILES string of the molecule is CCC(CC)(CO)CNCCNC(=O)N(C)C. The Labute approximate surface area is 105 Å². The highest BCUT2D eigenvalue weighted by Crippen LogP contribution is 2.23. The predicted octanol–water partition coefficient (Wildman–Crippen LogP) is 0.646. The van der Waals surface area contributed by atoms with E-state index in [1.54, 1.807) is 14.1 Å². The Bertz CT molecular complexity index is 208. The zero-order chi connectivity index (χ0) is 13.3. The summed E-state index contributed by atoms with van der Waals surface area (Å²) in [5.74, 6) is 0. The minimum Gasteiger partial charge on any atom is -0.396 e. The van der Waals surface area contributed by atoms with Gasteiger partial charge in [0.25, 0.3) is 0 Å². The molecule has 0 spiro atoms. The average Bonchev–Trinajstić information content (AvgIpc) is 2.34. The number of carbonyl (C=O) groups is 1. The van der Waals surface area contributed by atoms with E-state index in [1.807, 2.05) is 0 Å². The third kappa shape index (κ3) is 5.89. The van der Waals surface area contributed by atoms with Crippen molar-refractivity contribution >= 4 is 6.03 Å². The summed E-state index contributed by atoms with van der Waals surface area (Å²) < 4.78 is 0. The Hall–Kier alpha value is -0.810. The van der Waals surface area contributed by atoms with Crippen molar-refractivity contribution in [1.29, 1.82) is 0 Å².